The number of rotatable bonds is 4. The summed E-state index contributed by atoms with van der Waals surface area (Å²) in [6.45, 7) is -0.0761. The standard InChI is InChI=1S/C7H5ClN4O2S.ClH/c1-2-3-14-11-4(5(8)13)6-10-7(9)15-12-6;/h1H,3H2,(H2,9,10,12);1H/b11-4-;. The van der Waals surface area contributed by atoms with E-state index in [2.05, 4.69) is 25.3 Å². The number of terminal acetylenes is 1. The van der Waals surface area contributed by atoms with Gasteiger partial charge in [-0.25, -0.2) is 0 Å². The first-order valence-electron chi connectivity index (χ1n) is 3.58. The average Bonchev–Trinajstić information content (AvgIpc) is 2.59. The molecule has 0 aliphatic rings. The number of carbonyl (C=O) groups is 1. The van der Waals surface area contributed by atoms with E-state index in [1.54, 1.807) is 0 Å². The second kappa shape index (κ2) is 7.00. The van der Waals surface area contributed by atoms with Crippen molar-refractivity contribution < 1.29 is 9.63 Å². The van der Waals surface area contributed by atoms with E-state index in [0.717, 1.165) is 11.5 Å². The van der Waals surface area contributed by atoms with Crippen LogP contribution in [0, 0.1) is 12.3 Å². The van der Waals surface area contributed by atoms with Crippen molar-refractivity contribution in [1.29, 1.82) is 0 Å². The molecule has 0 aromatic carbocycles. The maximum absolute atomic E-state index is 10.9. The summed E-state index contributed by atoms with van der Waals surface area (Å²) in [5.74, 6) is 2.19. The molecule has 1 aromatic rings. The lowest BCUT2D eigenvalue weighted by Gasteiger charge is -1.95. The minimum absolute atomic E-state index is 0. The van der Waals surface area contributed by atoms with Crippen molar-refractivity contribution in [2.45, 2.75) is 0 Å². The number of aromatic nitrogens is 2. The van der Waals surface area contributed by atoms with E-state index < -0.39 is 5.24 Å². The van der Waals surface area contributed by atoms with Gasteiger partial charge in [0.15, 0.2) is 11.7 Å². The molecule has 0 amide bonds. The van der Waals surface area contributed by atoms with Gasteiger partial charge in [0.1, 0.15) is 0 Å². The second-order valence-electron chi connectivity index (χ2n) is 2.15. The van der Waals surface area contributed by atoms with Crippen LogP contribution in [-0.2, 0) is 9.63 Å². The number of anilines is 1. The molecule has 1 rings (SSSR count). The van der Waals surface area contributed by atoms with Crippen molar-refractivity contribution in [2.75, 3.05) is 12.3 Å². The number of hydrogen-bond acceptors (Lipinski definition) is 7. The van der Waals surface area contributed by atoms with Crippen LogP contribution < -0.4 is 5.73 Å². The fourth-order valence-corrected chi connectivity index (χ4v) is 1.18. The van der Waals surface area contributed by atoms with Crippen molar-refractivity contribution in [2.24, 2.45) is 5.16 Å². The Morgan fingerprint density at radius 2 is 2.44 bits per heavy atom. The molecule has 0 radical (unpaired) electrons. The van der Waals surface area contributed by atoms with Gasteiger partial charge in [-0.2, -0.15) is 9.36 Å². The highest BCUT2D eigenvalue weighted by Gasteiger charge is 2.17. The maximum atomic E-state index is 10.9. The smallest absolute Gasteiger partial charge is 0.278 e. The maximum Gasteiger partial charge on any atom is 0.278 e. The quantitative estimate of drug-likeness (QED) is 0.288. The zero-order valence-corrected chi connectivity index (χ0v) is 10.1. The van der Waals surface area contributed by atoms with Gasteiger partial charge in [0.2, 0.25) is 11.5 Å². The van der Waals surface area contributed by atoms with E-state index in [4.69, 9.17) is 23.8 Å². The van der Waals surface area contributed by atoms with Gasteiger partial charge in [-0.05, 0) is 11.6 Å². The zero-order valence-electron chi connectivity index (χ0n) is 7.71. The summed E-state index contributed by atoms with van der Waals surface area (Å²) < 4.78 is 3.75. The lowest BCUT2D eigenvalue weighted by molar-refractivity contribution is -0.106. The van der Waals surface area contributed by atoms with Gasteiger partial charge in [-0.3, -0.25) is 4.79 Å². The molecule has 0 saturated heterocycles. The first-order chi connectivity index (χ1) is 7.15. The minimum Gasteiger partial charge on any atom is -0.382 e. The number of halogens is 2. The number of oxime groups is 1. The van der Waals surface area contributed by atoms with Crippen LogP contribution in [0.15, 0.2) is 5.16 Å². The highest BCUT2D eigenvalue weighted by Crippen LogP contribution is 2.08. The molecular formula is C7H6Cl2N4O2S. The molecule has 0 aliphatic heterocycles. The summed E-state index contributed by atoms with van der Waals surface area (Å²) in [4.78, 5) is 19.3. The van der Waals surface area contributed by atoms with Gasteiger partial charge in [0.25, 0.3) is 5.24 Å². The molecule has 16 heavy (non-hydrogen) atoms. The summed E-state index contributed by atoms with van der Waals surface area (Å²) in [5.41, 5.74) is 5.11. The SMILES string of the molecule is C#CCO/N=C(/C(=O)Cl)c1nsc(N)n1.Cl. The van der Waals surface area contributed by atoms with Crippen LogP contribution in [0.2, 0.25) is 0 Å². The van der Waals surface area contributed by atoms with Gasteiger partial charge >= 0.3 is 0 Å². The molecule has 9 heteroatoms. The van der Waals surface area contributed by atoms with E-state index in [-0.39, 0.29) is 35.7 Å². The van der Waals surface area contributed by atoms with Crippen molar-refractivity contribution in [1.82, 2.24) is 9.36 Å². The minimum atomic E-state index is -0.843. The largest absolute Gasteiger partial charge is 0.382 e. The predicted octanol–water partition coefficient (Wildman–Crippen LogP) is 0.661. The Bertz CT molecular complexity index is 440. The van der Waals surface area contributed by atoms with Crippen molar-refractivity contribution in [3.05, 3.63) is 5.82 Å². The van der Waals surface area contributed by atoms with E-state index in [0.29, 0.717) is 0 Å². The summed E-state index contributed by atoms with van der Waals surface area (Å²) in [5, 5.41) is 2.77. The third-order valence-corrected chi connectivity index (χ3v) is 1.87. The van der Waals surface area contributed by atoms with E-state index in [1.165, 1.54) is 0 Å². The summed E-state index contributed by atoms with van der Waals surface area (Å²) in [6.07, 6.45) is 4.92. The molecule has 1 heterocycles. The lowest BCUT2D eigenvalue weighted by atomic mass is 10.4. The van der Waals surface area contributed by atoms with Gasteiger partial charge in [-0.15, -0.1) is 18.8 Å². The van der Waals surface area contributed by atoms with Crippen LogP contribution in [0.1, 0.15) is 5.82 Å². The molecule has 0 saturated carbocycles. The van der Waals surface area contributed by atoms with E-state index >= 15 is 0 Å². The number of nitrogen functional groups attached to an aromatic ring is 1. The van der Waals surface area contributed by atoms with E-state index in [9.17, 15) is 4.79 Å². The van der Waals surface area contributed by atoms with Crippen molar-refractivity contribution in [3.63, 3.8) is 0 Å². The van der Waals surface area contributed by atoms with Gasteiger partial charge in [0.05, 0.1) is 0 Å². The van der Waals surface area contributed by atoms with Crippen LogP contribution in [0.25, 0.3) is 0 Å². The molecule has 0 atom stereocenters. The lowest BCUT2D eigenvalue weighted by Crippen LogP contribution is -2.12. The summed E-state index contributed by atoms with van der Waals surface area (Å²) in [7, 11) is 0. The Morgan fingerprint density at radius 1 is 1.75 bits per heavy atom. The third-order valence-electron chi connectivity index (χ3n) is 1.14. The second-order valence-corrected chi connectivity index (χ2v) is 3.27. The van der Waals surface area contributed by atoms with Crippen molar-refractivity contribution in [3.8, 4) is 12.3 Å². The fourth-order valence-electron chi connectivity index (χ4n) is 0.630. The Balaban J connectivity index is 0.00000225. The molecule has 0 fully saturated rings. The van der Waals surface area contributed by atoms with Gasteiger partial charge in [-0.1, -0.05) is 11.1 Å². The number of carbonyl (C=O) groups excluding carboxylic acids is 1. The van der Waals surface area contributed by atoms with Crippen molar-refractivity contribution >= 4 is 51.6 Å². The molecule has 1 aromatic heterocycles. The van der Waals surface area contributed by atoms with Gasteiger partial charge < -0.3 is 10.6 Å². The van der Waals surface area contributed by atoms with Crippen LogP contribution in [0.5, 0.6) is 0 Å². The number of hydrogen-bond donors (Lipinski definition) is 1. The first kappa shape index (κ1) is 14.6. The first-order valence-corrected chi connectivity index (χ1v) is 4.73. The molecule has 0 unspecified atom stereocenters. The Kier molecular flexibility index (Phi) is 6.41. The normalized spacial score (nSPS) is 10.1. The fraction of sp³-hybridized carbons (Fsp3) is 0.143. The van der Waals surface area contributed by atoms with Crippen LogP contribution in [0.4, 0.5) is 5.13 Å². The monoisotopic (exact) mass is 280 g/mol. The summed E-state index contributed by atoms with van der Waals surface area (Å²) >= 11 is 6.17. The molecule has 0 spiro atoms. The predicted molar refractivity (Wildman–Crippen MR) is 63.8 cm³/mol. The molecular weight excluding hydrogens is 275 g/mol. The molecule has 0 bridgehead atoms. The molecule has 0 aliphatic carbocycles. The Labute approximate surface area is 106 Å². The number of nitrogens with two attached hydrogens (primary N) is 1. The number of nitrogens with zero attached hydrogens (tertiary/aromatic N) is 3. The zero-order chi connectivity index (χ0) is 11.3. The molecule has 86 valence electrons. The van der Waals surface area contributed by atoms with Crippen LogP contribution >= 0.6 is 35.5 Å². The molecule has 2 N–H and O–H groups in total. The van der Waals surface area contributed by atoms with Crippen LogP contribution in [-0.4, -0.2) is 26.9 Å². The third kappa shape index (κ3) is 4.02. The van der Waals surface area contributed by atoms with Gasteiger partial charge in [0, 0.05) is 11.5 Å². The Hall–Kier alpha value is -1.36. The Morgan fingerprint density at radius 3 is 2.88 bits per heavy atom. The highest BCUT2D eigenvalue weighted by atomic mass is 35.5. The molecule has 6 nitrogen and oxygen atoms in total. The average molecular weight is 281 g/mol. The highest BCUT2D eigenvalue weighted by molar-refractivity contribution is 7.09. The van der Waals surface area contributed by atoms with Crippen LogP contribution in [0.3, 0.4) is 0 Å². The van der Waals surface area contributed by atoms with E-state index in [1.807, 2.05) is 0 Å². The topological polar surface area (TPSA) is 90.5 Å². The summed E-state index contributed by atoms with van der Waals surface area (Å²) in [6, 6.07) is 0.